The molecule has 1 aliphatic heterocycles. The Morgan fingerprint density at radius 3 is 2.44 bits per heavy atom. The summed E-state index contributed by atoms with van der Waals surface area (Å²) in [4.78, 5) is 16.7. The van der Waals surface area contributed by atoms with E-state index in [-0.39, 0.29) is 5.91 Å². The highest BCUT2D eigenvalue weighted by Crippen LogP contribution is 2.24. The van der Waals surface area contributed by atoms with Gasteiger partial charge in [-0.2, -0.15) is 0 Å². The number of rotatable bonds is 4. The Kier molecular flexibility index (Phi) is 5.25. The highest BCUT2D eigenvalue weighted by molar-refractivity contribution is 5.94. The van der Waals surface area contributed by atoms with Crippen molar-refractivity contribution >= 4 is 5.91 Å². The normalized spacial score (nSPS) is 21.4. The Labute approximate surface area is 149 Å². The van der Waals surface area contributed by atoms with Gasteiger partial charge < -0.3 is 19.5 Å². The standard InChI is InChI=1S/C20H27N3O2/c1-21(2)16-20(25)10-5-14-23(15-11-20)19(24)17-6-8-18(9-7-17)22-12-3-4-13-22/h3-4,6-9,12-13,25H,5,10-11,14-16H2,1-2H3/t20-/m0/s1. The Morgan fingerprint density at radius 2 is 1.80 bits per heavy atom. The van der Waals surface area contributed by atoms with Crippen LogP contribution in [0.1, 0.15) is 29.6 Å². The van der Waals surface area contributed by atoms with E-state index in [2.05, 4.69) is 0 Å². The van der Waals surface area contributed by atoms with Gasteiger partial charge in [0.25, 0.3) is 5.91 Å². The molecule has 134 valence electrons. The quantitative estimate of drug-likeness (QED) is 0.929. The van der Waals surface area contributed by atoms with E-state index in [0.29, 0.717) is 31.6 Å². The molecule has 1 atom stereocenters. The van der Waals surface area contributed by atoms with Crippen molar-refractivity contribution in [2.45, 2.75) is 24.9 Å². The van der Waals surface area contributed by atoms with Gasteiger partial charge in [0.2, 0.25) is 0 Å². The molecular weight excluding hydrogens is 314 g/mol. The third kappa shape index (κ3) is 4.30. The maximum Gasteiger partial charge on any atom is 0.253 e. The van der Waals surface area contributed by atoms with Crippen molar-refractivity contribution in [3.05, 3.63) is 54.4 Å². The molecule has 1 fully saturated rings. The average molecular weight is 341 g/mol. The fourth-order valence-electron chi connectivity index (χ4n) is 3.59. The second kappa shape index (κ2) is 7.42. The number of carbonyl (C=O) groups is 1. The molecular formula is C20H27N3O2. The van der Waals surface area contributed by atoms with E-state index in [4.69, 9.17) is 0 Å². The third-order valence-corrected chi connectivity index (χ3v) is 4.83. The summed E-state index contributed by atoms with van der Waals surface area (Å²) in [5.74, 6) is 0.0492. The van der Waals surface area contributed by atoms with Crippen molar-refractivity contribution in [1.29, 1.82) is 0 Å². The summed E-state index contributed by atoms with van der Waals surface area (Å²) < 4.78 is 2.02. The lowest BCUT2D eigenvalue weighted by molar-refractivity contribution is 0.00305. The zero-order valence-corrected chi connectivity index (χ0v) is 15.1. The summed E-state index contributed by atoms with van der Waals surface area (Å²) in [5.41, 5.74) is 1.04. The summed E-state index contributed by atoms with van der Waals surface area (Å²) in [6.07, 6.45) is 6.16. The summed E-state index contributed by atoms with van der Waals surface area (Å²) in [6, 6.07) is 11.7. The number of aromatic nitrogens is 1. The van der Waals surface area contributed by atoms with Gasteiger partial charge in [0.15, 0.2) is 0 Å². The predicted molar refractivity (Wildman–Crippen MR) is 99.0 cm³/mol. The zero-order valence-electron chi connectivity index (χ0n) is 15.1. The van der Waals surface area contributed by atoms with Gasteiger partial charge in [-0.3, -0.25) is 4.79 Å². The maximum atomic E-state index is 12.8. The first-order valence-corrected chi connectivity index (χ1v) is 8.87. The van der Waals surface area contributed by atoms with Crippen molar-refractivity contribution in [3.8, 4) is 5.69 Å². The van der Waals surface area contributed by atoms with Crippen LogP contribution in [0.15, 0.2) is 48.8 Å². The molecule has 1 aliphatic rings. The number of aliphatic hydroxyl groups is 1. The van der Waals surface area contributed by atoms with Gasteiger partial charge >= 0.3 is 0 Å². The van der Waals surface area contributed by atoms with Crippen LogP contribution >= 0.6 is 0 Å². The van der Waals surface area contributed by atoms with Gasteiger partial charge in [-0.25, -0.2) is 0 Å². The lowest BCUT2D eigenvalue weighted by atomic mass is 9.94. The van der Waals surface area contributed by atoms with E-state index in [1.165, 1.54) is 0 Å². The van der Waals surface area contributed by atoms with Crippen LogP contribution in [-0.4, -0.2) is 64.7 Å². The SMILES string of the molecule is CN(C)C[C@]1(O)CCCN(C(=O)c2ccc(-n3cccc3)cc2)CC1. The second-order valence-electron chi connectivity index (χ2n) is 7.25. The van der Waals surface area contributed by atoms with Crippen molar-refractivity contribution in [1.82, 2.24) is 14.4 Å². The second-order valence-corrected chi connectivity index (χ2v) is 7.25. The molecule has 3 rings (SSSR count). The van der Waals surface area contributed by atoms with Gasteiger partial charge in [-0.15, -0.1) is 0 Å². The number of benzene rings is 1. The first-order valence-electron chi connectivity index (χ1n) is 8.87. The Balaban J connectivity index is 1.67. The minimum absolute atomic E-state index is 0.0492. The summed E-state index contributed by atoms with van der Waals surface area (Å²) in [5, 5.41) is 10.8. The van der Waals surface area contributed by atoms with E-state index in [1.54, 1.807) is 0 Å². The van der Waals surface area contributed by atoms with E-state index in [0.717, 1.165) is 18.5 Å². The molecule has 5 nitrogen and oxygen atoms in total. The monoisotopic (exact) mass is 341 g/mol. The van der Waals surface area contributed by atoms with Gasteiger partial charge in [0.05, 0.1) is 5.60 Å². The van der Waals surface area contributed by atoms with Crippen molar-refractivity contribution < 1.29 is 9.90 Å². The fraction of sp³-hybridized carbons (Fsp3) is 0.450. The van der Waals surface area contributed by atoms with Crippen LogP contribution < -0.4 is 0 Å². The van der Waals surface area contributed by atoms with Crippen LogP contribution in [-0.2, 0) is 0 Å². The maximum absolute atomic E-state index is 12.8. The smallest absolute Gasteiger partial charge is 0.253 e. The van der Waals surface area contributed by atoms with Crippen LogP contribution in [0, 0.1) is 0 Å². The highest BCUT2D eigenvalue weighted by Gasteiger charge is 2.32. The van der Waals surface area contributed by atoms with Crippen molar-refractivity contribution in [2.24, 2.45) is 0 Å². The van der Waals surface area contributed by atoms with E-state index in [9.17, 15) is 9.90 Å². The molecule has 0 radical (unpaired) electrons. The number of hydrogen-bond donors (Lipinski definition) is 1. The van der Waals surface area contributed by atoms with E-state index < -0.39 is 5.60 Å². The van der Waals surface area contributed by atoms with Gasteiger partial charge in [-0.05, 0) is 69.8 Å². The van der Waals surface area contributed by atoms with Crippen LogP contribution in [0.3, 0.4) is 0 Å². The number of likely N-dealkylation sites (tertiary alicyclic amines) is 1. The zero-order chi connectivity index (χ0) is 17.9. The molecule has 0 unspecified atom stereocenters. The lowest BCUT2D eigenvalue weighted by Gasteiger charge is -2.30. The molecule has 2 aromatic rings. The molecule has 2 heterocycles. The summed E-state index contributed by atoms with van der Waals surface area (Å²) in [6.45, 7) is 1.94. The first kappa shape index (κ1) is 17.7. The molecule has 5 heteroatoms. The average Bonchev–Trinajstić information content (AvgIpc) is 3.05. The van der Waals surface area contributed by atoms with Crippen LogP contribution in [0.2, 0.25) is 0 Å². The van der Waals surface area contributed by atoms with Crippen LogP contribution in [0.4, 0.5) is 0 Å². The van der Waals surface area contributed by atoms with E-state index in [1.807, 2.05) is 77.3 Å². The largest absolute Gasteiger partial charge is 0.388 e. The topological polar surface area (TPSA) is 48.7 Å². The number of hydrogen-bond acceptors (Lipinski definition) is 3. The first-order chi connectivity index (χ1) is 12.0. The van der Waals surface area contributed by atoms with Gasteiger partial charge in [0.1, 0.15) is 0 Å². The molecule has 0 saturated carbocycles. The molecule has 1 saturated heterocycles. The summed E-state index contributed by atoms with van der Waals surface area (Å²) in [7, 11) is 3.94. The Morgan fingerprint density at radius 1 is 1.12 bits per heavy atom. The molecule has 1 amide bonds. The molecule has 0 aliphatic carbocycles. The number of nitrogens with zero attached hydrogens (tertiary/aromatic N) is 3. The molecule has 25 heavy (non-hydrogen) atoms. The van der Waals surface area contributed by atoms with Crippen molar-refractivity contribution in [3.63, 3.8) is 0 Å². The minimum Gasteiger partial charge on any atom is -0.388 e. The van der Waals surface area contributed by atoms with Gasteiger partial charge in [-0.1, -0.05) is 0 Å². The Bertz CT molecular complexity index is 694. The molecule has 1 N–H and O–H groups in total. The lowest BCUT2D eigenvalue weighted by Crippen LogP contribution is -2.41. The van der Waals surface area contributed by atoms with E-state index >= 15 is 0 Å². The minimum atomic E-state index is -0.698. The summed E-state index contributed by atoms with van der Waals surface area (Å²) >= 11 is 0. The fourth-order valence-corrected chi connectivity index (χ4v) is 3.59. The molecule has 1 aromatic carbocycles. The van der Waals surface area contributed by atoms with Gasteiger partial charge in [0, 0.05) is 43.3 Å². The number of carbonyl (C=O) groups excluding carboxylic acids is 1. The third-order valence-electron chi connectivity index (χ3n) is 4.83. The predicted octanol–water partition coefficient (Wildman–Crippen LogP) is 2.40. The molecule has 1 aromatic heterocycles. The molecule has 0 spiro atoms. The van der Waals surface area contributed by atoms with Crippen molar-refractivity contribution in [2.75, 3.05) is 33.7 Å². The number of likely N-dealkylation sites (N-methyl/N-ethyl adjacent to an activating group) is 1. The Hall–Kier alpha value is -2.11. The highest BCUT2D eigenvalue weighted by atomic mass is 16.3. The van der Waals surface area contributed by atoms with Crippen LogP contribution in [0.25, 0.3) is 5.69 Å². The van der Waals surface area contributed by atoms with Crippen LogP contribution in [0.5, 0.6) is 0 Å². The number of amides is 1. The molecule has 0 bridgehead atoms.